The van der Waals surface area contributed by atoms with E-state index in [2.05, 4.69) is 25.2 Å². The van der Waals surface area contributed by atoms with Crippen molar-refractivity contribution in [3.05, 3.63) is 47.5 Å². The summed E-state index contributed by atoms with van der Waals surface area (Å²) >= 11 is 1.80. The molecule has 0 spiro atoms. The van der Waals surface area contributed by atoms with Gasteiger partial charge in [0.2, 0.25) is 10.0 Å². The van der Waals surface area contributed by atoms with Crippen LogP contribution in [0.2, 0.25) is 0 Å². The molecular formula is C23H30N2O4S2. The Kier molecular flexibility index (Phi) is 7.67. The number of sulfonamides is 1. The van der Waals surface area contributed by atoms with E-state index < -0.39 is 10.0 Å². The van der Waals surface area contributed by atoms with Crippen LogP contribution in [0.5, 0.6) is 5.75 Å². The number of hydrogen-bond acceptors (Lipinski definition) is 5. The highest BCUT2D eigenvalue weighted by atomic mass is 32.2. The van der Waals surface area contributed by atoms with Crippen molar-refractivity contribution in [1.82, 2.24) is 4.31 Å². The van der Waals surface area contributed by atoms with Crippen LogP contribution in [0.1, 0.15) is 49.0 Å². The molecule has 1 N–H and O–H groups in total. The monoisotopic (exact) mass is 462 g/mol. The van der Waals surface area contributed by atoms with E-state index in [1.807, 2.05) is 19.1 Å². The predicted octanol–water partition coefficient (Wildman–Crippen LogP) is 4.93. The summed E-state index contributed by atoms with van der Waals surface area (Å²) in [6, 6.07) is 10.5. The first-order valence-electron chi connectivity index (χ1n) is 10.5. The number of ether oxygens (including phenoxy) is 1. The van der Waals surface area contributed by atoms with E-state index >= 15 is 0 Å². The van der Waals surface area contributed by atoms with Crippen molar-refractivity contribution < 1.29 is 17.9 Å². The minimum absolute atomic E-state index is 0.0292. The molecular weight excluding hydrogens is 432 g/mol. The fraction of sp³-hybridized carbons (Fsp3) is 0.435. The maximum atomic E-state index is 13.1. The lowest BCUT2D eigenvalue weighted by molar-refractivity contribution is 0.102. The average Bonchev–Trinajstić information content (AvgIpc) is 3.31. The number of anilines is 1. The summed E-state index contributed by atoms with van der Waals surface area (Å²) in [6.45, 7) is 7.27. The maximum Gasteiger partial charge on any atom is 0.255 e. The second-order valence-electron chi connectivity index (χ2n) is 7.74. The minimum Gasteiger partial charge on any atom is -0.495 e. The quantitative estimate of drug-likeness (QED) is 0.563. The van der Waals surface area contributed by atoms with Gasteiger partial charge in [0.05, 0.1) is 7.11 Å². The molecule has 2 aromatic carbocycles. The number of carbonyl (C=O) groups excluding carboxylic acids is 1. The molecule has 8 heteroatoms. The fourth-order valence-corrected chi connectivity index (χ4v) is 6.17. The Balaban J connectivity index is 1.84. The largest absolute Gasteiger partial charge is 0.495 e. The molecule has 0 aliphatic carbocycles. The van der Waals surface area contributed by atoms with Crippen LogP contribution in [-0.2, 0) is 10.0 Å². The highest BCUT2D eigenvalue weighted by Gasteiger charge is 2.30. The van der Waals surface area contributed by atoms with E-state index in [1.54, 1.807) is 17.8 Å². The molecule has 1 aliphatic heterocycles. The number of rotatable bonds is 8. The van der Waals surface area contributed by atoms with E-state index in [9.17, 15) is 13.2 Å². The van der Waals surface area contributed by atoms with Crippen LogP contribution in [0.3, 0.4) is 0 Å². The maximum absolute atomic E-state index is 13.1. The van der Waals surface area contributed by atoms with Crippen LogP contribution in [-0.4, -0.2) is 44.1 Å². The van der Waals surface area contributed by atoms with Gasteiger partial charge in [0.25, 0.3) is 5.91 Å². The van der Waals surface area contributed by atoms with Crippen LogP contribution in [0.15, 0.2) is 46.2 Å². The van der Waals surface area contributed by atoms with Gasteiger partial charge in [-0.3, -0.25) is 4.79 Å². The third kappa shape index (κ3) is 5.42. The molecule has 1 atom stereocenters. The molecule has 31 heavy (non-hydrogen) atoms. The van der Waals surface area contributed by atoms with Crippen molar-refractivity contribution in [2.75, 3.05) is 25.5 Å². The lowest BCUT2D eigenvalue weighted by Crippen LogP contribution is -2.28. The summed E-state index contributed by atoms with van der Waals surface area (Å²) in [5.74, 6) is -0.114. The van der Waals surface area contributed by atoms with Crippen LogP contribution < -0.4 is 10.1 Å². The van der Waals surface area contributed by atoms with Crippen molar-refractivity contribution in [2.45, 2.75) is 55.1 Å². The van der Waals surface area contributed by atoms with Gasteiger partial charge in [-0.15, -0.1) is 11.8 Å². The second kappa shape index (κ2) is 10.1. The number of benzene rings is 2. The van der Waals surface area contributed by atoms with E-state index in [0.29, 0.717) is 24.0 Å². The third-order valence-corrected chi connectivity index (χ3v) is 8.65. The van der Waals surface area contributed by atoms with Crippen molar-refractivity contribution in [3.63, 3.8) is 0 Å². The molecule has 1 heterocycles. The number of amides is 1. The Labute approximate surface area is 189 Å². The molecule has 6 nitrogen and oxygen atoms in total. The van der Waals surface area contributed by atoms with Gasteiger partial charge in [-0.2, -0.15) is 4.31 Å². The topological polar surface area (TPSA) is 75.7 Å². The Morgan fingerprint density at radius 2 is 1.90 bits per heavy atom. The van der Waals surface area contributed by atoms with Crippen LogP contribution in [0.25, 0.3) is 0 Å². The van der Waals surface area contributed by atoms with Gasteiger partial charge in [-0.05, 0) is 68.1 Å². The molecule has 1 aliphatic rings. The van der Waals surface area contributed by atoms with E-state index in [1.165, 1.54) is 23.5 Å². The van der Waals surface area contributed by atoms with Gasteiger partial charge in [-0.25, -0.2) is 8.42 Å². The molecule has 1 fully saturated rings. The predicted molar refractivity (Wildman–Crippen MR) is 126 cm³/mol. The van der Waals surface area contributed by atoms with Gasteiger partial charge in [0.1, 0.15) is 10.6 Å². The van der Waals surface area contributed by atoms with Crippen molar-refractivity contribution >= 4 is 33.4 Å². The zero-order valence-electron chi connectivity index (χ0n) is 18.5. The molecule has 0 bridgehead atoms. The molecule has 3 rings (SSSR count). The first kappa shape index (κ1) is 23.6. The number of nitrogens with one attached hydrogen (secondary N) is 1. The summed E-state index contributed by atoms with van der Waals surface area (Å²) < 4.78 is 32.9. The molecule has 0 radical (unpaired) electrons. The Hall–Kier alpha value is -2.03. The molecule has 0 saturated carbocycles. The summed E-state index contributed by atoms with van der Waals surface area (Å²) in [7, 11) is -2.28. The molecule has 0 aromatic heterocycles. The van der Waals surface area contributed by atoms with Crippen molar-refractivity contribution in [1.29, 1.82) is 0 Å². The lowest BCUT2D eigenvalue weighted by atomic mass is 10.1. The first-order chi connectivity index (χ1) is 14.8. The number of nitrogens with zero attached hydrogens (tertiary/aromatic N) is 1. The van der Waals surface area contributed by atoms with Gasteiger partial charge in [0, 0.05) is 34.5 Å². The number of aryl methyl sites for hydroxylation is 1. The Morgan fingerprint density at radius 3 is 2.52 bits per heavy atom. The molecule has 1 unspecified atom stereocenters. The van der Waals surface area contributed by atoms with Gasteiger partial charge in [0.15, 0.2) is 0 Å². The summed E-state index contributed by atoms with van der Waals surface area (Å²) in [5, 5.41) is 3.43. The Bertz CT molecular complexity index is 1050. The number of hydrogen-bond donors (Lipinski definition) is 1. The zero-order valence-corrected chi connectivity index (χ0v) is 20.1. The SMILES string of the molecule is CCC(C)Sc1ccc(NC(=O)c2ccc(OC)c(S(=O)(=O)N3CCCC3)c2)c(C)c1. The number of carbonyl (C=O) groups is 1. The van der Waals surface area contributed by atoms with Crippen LogP contribution >= 0.6 is 11.8 Å². The Morgan fingerprint density at radius 1 is 1.19 bits per heavy atom. The van der Waals surface area contributed by atoms with Gasteiger partial charge < -0.3 is 10.1 Å². The normalized spacial score (nSPS) is 15.6. The van der Waals surface area contributed by atoms with E-state index in [0.717, 1.165) is 29.7 Å². The smallest absolute Gasteiger partial charge is 0.255 e. The van der Waals surface area contributed by atoms with Crippen LogP contribution in [0, 0.1) is 6.92 Å². The van der Waals surface area contributed by atoms with Crippen molar-refractivity contribution in [3.8, 4) is 5.75 Å². The minimum atomic E-state index is -3.71. The summed E-state index contributed by atoms with van der Waals surface area (Å²) in [5.41, 5.74) is 1.94. The molecule has 2 aromatic rings. The molecule has 1 amide bonds. The van der Waals surface area contributed by atoms with E-state index in [-0.39, 0.29) is 22.1 Å². The van der Waals surface area contributed by atoms with E-state index in [4.69, 9.17) is 4.74 Å². The fourth-order valence-electron chi connectivity index (χ4n) is 3.45. The summed E-state index contributed by atoms with van der Waals surface area (Å²) in [4.78, 5) is 14.1. The highest BCUT2D eigenvalue weighted by Crippen LogP contribution is 2.31. The second-order valence-corrected chi connectivity index (χ2v) is 11.2. The highest BCUT2D eigenvalue weighted by molar-refractivity contribution is 7.99. The van der Waals surface area contributed by atoms with Gasteiger partial charge in [-0.1, -0.05) is 13.8 Å². The standard InChI is InChI=1S/C23H30N2O4S2/c1-5-17(3)30-19-9-10-20(16(2)14-19)24-23(26)18-8-11-21(29-4)22(15-18)31(27,28)25-12-6-7-13-25/h8-11,14-15,17H,5-7,12-13H2,1-4H3,(H,24,26). The average molecular weight is 463 g/mol. The summed E-state index contributed by atoms with van der Waals surface area (Å²) in [6.07, 6.45) is 2.76. The number of thioether (sulfide) groups is 1. The van der Waals surface area contributed by atoms with Crippen LogP contribution in [0.4, 0.5) is 5.69 Å². The molecule has 168 valence electrons. The van der Waals surface area contributed by atoms with Crippen molar-refractivity contribution in [2.24, 2.45) is 0 Å². The number of methoxy groups -OCH3 is 1. The first-order valence-corrected chi connectivity index (χ1v) is 12.8. The zero-order chi connectivity index (χ0) is 22.6. The van der Waals surface area contributed by atoms with Gasteiger partial charge >= 0.3 is 0 Å². The lowest BCUT2D eigenvalue weighted by Gasteiger charge is -2.18. The third-order valence-electron chi connectivity index (χ3n) is 5.47. The molecule has 1 saturated heterocycles.